The predicted octanol–water partition coefficient (Wildman–Crippen LogP) is 1.32. The Labute approximate surface area is 157 Å². The summed E-state index contributed by atoms with van der Waals surface area (Å²) in [6, 6.07) is 5.32. The Morgan fingerprint density at radius 3 is 2.44 bits per heavy atom. The molecule has 142 valence electrons. The van der Waals surface area contributed by atoms with Gasteiger partial charge in [0.15, 0.2) is 5.82 Å². The molecule has 27 heavy (non-hydrogen) atoms. The van der Waals surface area contributed by atoms with E-state index in [1.54, 1.807) is 4.68 Å². The van der Waals surface area contributed by atoms with E-state index in [4.69, 9.17) is 9.31 Å². The first-order chi connectivity index (χ1) is 12.6. The summed E-state index contributed by atoms with van der Waals surface area (Å²) in [5.74, 6) is 0.255. The first kappa shape index (κ1) is 18.0. The third-order valence-electron chi connectivity index (χ3n) is 5.69. The lowest BCUT2D eigenvalue weighted by atomic mass is 9.78. The lowest BCUT2D eigenvalue weighted by Crippen LogP contribution is -2.49. The van der Waals surface area contributed by atoms with Crippen LogP contribution >= 0.6 is 0 Å². The molecule has 0 bridgehead atoms. The maximum atomic E-state index is 12.3. The van der Waals surface area contributed by atoms with Crippen molar-refractivity contribution in [1.29, 1.82) is 0 Å². The van der Waals surface area contributed by atoms with E-state index in [0.29, 0.717) is 12.4 Å². The molecule has 8 nitrogen and oxygen atoms in total. The highest BCUT2D eigenvalue weighted by Gasteiger charge is 2.52. The fourth-order valence-electron chi connectivity index (χ4n) is 3.47. The zero-order valence-electron chi connectivity index (χ0n) is 16.2. The van der Waals surface area contributed by atoms with Crippen LogP contribution < -0.4 is 15.7 Å². The van der Waals surface area contributed by atoms with Gasteiger partial charge in [-0.2, -0.15) is 5.10 Å². The van der Waals surface area contributed by atoms with Crippen molar-refractivity contribution in [3.05, 3.63) is 18.2 Å². The molecule has 2 fully saturated rings. The number of imide groups is 1. The van der Waals surface area contributed by atoms with Gasteiger partial charge in [-0.25, -0.2) is 4.79 Å². The van der Waals surface area contributed by atoms with Crippen molar-refractivity contribution in [2.75, 3.05) is 11.4 Å². The minimum atomic E-state index is -0.529. The molecule has 9 heteroatoms. The zero-order chi connectivity index (χ0) is 19.6. The molecule has 4 rings (SSSR count). The largest absolute Gasteiger partial charge is 0.497 e. The Morgan fingerprint density at radius 1 is 1.15 bits per heavy atom. The fraction of sp³-hybridized carbons (Fsp3) is 0.500. The van der Waals surface area contributed by atoms with Crippen LogP contribution in [0.4, 0.5) is 10.6 Å². The van der Waals surface area contributed by atoms with Gasteiger partial charge in [-0.15, -0.1) is 0 Å². The molecule has 2 aliphatic heterocycles. The third-order valence-corrected chi connectivity index (χ3v) is 5.69. The summed E-state index contributed by atoms with van der Waals surface area (Å²) in [5.41, 5.74) is 0.805. The fourth-order valence-corrected chi connectivity index (χ4v) is 3.47. The van der Waals surface area contributed by atoms with Crippen LogP contribution in [-0.4, -0.2) is 46.6 Å². The second kappa shape index (κ2) is 5.80. The standard InChI is InChI=1S/C18H23BN4O4/c1-17(2)18(3,4)27-19(26-17)12-8-6-7-11-14(12)22(5)21-15(11)23-10-9-13(24)20-16(23)25/h6-8H,9-10H2,1-5H3,(H,20,24,25). The normalized spacial score (nSPS) is 21.8. The van der Waals surface area contributed by atoms with Crippen molar-refractivity contribution in [3.63, 3.8) is 0 Å². The number of hydrogen-bond donors (Lipinski definition) is 1. The Morgan fingerprint density at radius 2 is 1.81 bits per heavy atom. The van der Waals surface area contributed by atoms with Crippen molar-refractivity contribution in [3.8, 4) is 0 Å². The molecule has 0 saturated carbocycles. The van der Waals surface area contributed by atoms with E-state index < -0.39 is 24.4 Å². The summed E-state index contributed by atoms with van der Waals surface area (Å²) in [4.78, 5) is 25.2. The predicted molar refractivity (Wildman–Crippen MR) is 102 cm³/mol. The number of nitrogens with one attached hydrogen (secondary N) is 1. The minimum Gasteiger partial charge on any atom is -0.399 e. The average molecular weight is 370 g/mol. The Kier molecular flexibility index (Phi) is 3.87. The van der Waals surface area contributed by atoms with E-state index in [-0.39, 0.29) is 12.3 Å². The molecule has 0 spiro atoms. The number of hydrogen-bond acceptors (Lipinski definition) is 5. The third kappa shape index (κ3) is 2.73. The van der Waals surface area contributed by atoms with Gasteiger partial charge in [-0.05, 0) is 33.8 Å². The van der Waals surface area contributed by atoms with E-state index in [0.717, 1.165) is 16.4 Å². The van der Waals surface area contributed by atoms with E-state index >= 15 is 0 Å². The van der Waals surface area contributed by atoms with Crippen LogP contribution in [0.2, 0.25) is 0 Å². The minimum absolute atomic E-state index is 0.251. The molecular weight excluding hydrogens is 347 g/mol. The summed E-state index contributed by atoms with van der Waals surface area (Å²) in [5, 5.41) is 7.71. The van der Waals surface area contributed by atoms with Gasteiger partial charge in [-0.1, -0.05) is 12.1 Å². The average Bonchev–Trinajstić information content (AvgIpc) is 3.01. The van der Waals surface area contributed by atoms with Crippen LogP contribution in [0.15, 0.2) is 18.2 Å². The maximum absolute atomic E-state index is 12.3. The number of nitrogens with zero attached hydrogens (tertiary/aromatic N) is 3. The first-order valence-corrected chi connectivity index (χ1v) is 9.03. The van der Waals surface area contributed by atoms with Gasteiger partial charge in [0.2, 0.25) is 5.91 Å². The Balaban J connectivity index is 1.79. The van der Waals surface area contributed by atoms with Crippen molar-refractivity contribution < 1.29 is 18.9 Å². The molecule has 2 saturated heterocycles. The van der Waals surface area contributed by atoms with Gasteiger partial charge in [0.25, 0.3) is 0 Å². The van der Waals surface area contributed by atoms with Crippen LogP contribution in [0, 0.1) is 0 Å². The number of fused-ring (bicyclic) bond motifs is 1. The molecular formula is C18H23BN4O4. The van der Waals surface area contributed by atoms with Gasteiger partial charge in [0.05, 0.1) is 16.7 Å². The topological polar surface area (TPSA) is 85.7 Å². The Bertz CT molecular complexity index is 936. The highest BCUT2D eigenvalue weighted by atomic mass is 16.7. The molecule has 2 aliphatic rings. The number of benzene rings is 1. The summed E-state index contributed by atoms with van der Waals surface area (Å²) in [7, 11) is 1.30. The number of amides is 3. The van der Waals surface area contributed by atoms with E-state index in [9.17, 15) is 9.59 Å². The van der Waals surface area contributed by atoms with Gasteiger partial charge in [0, 0.05) is 30.9 Å². The molecule has 1 aromatic carbocycles. The molecule has 1 aromatic heterocycles. The van der Waals surface area contributed by atoms with Crippen LogP contribution in [0.5, 0.6) is 0 Å². The summed E-state index contributed by atoms with van der Waals surface area (Å²) >= 11 is 0. The lowest BCUT2D eigenvalue weighted by Gasteiger charge is -2.32. The second-order valence-corrected chi connectivity index (χ2v) is 8.03. The number of aromatic nitrogens is 2. The number of rotatable bonds is 2. The summed E-state index contributed by atoms with van der Waals surface area (Å²) < 4.78 is 14.1. The highest BCUT2D eigenvalue weighted by Crippen LogP contribution is 2.37. The van der Waals surface area contributed by atoms with Crippen LogP contribution in [0.25, 0.3) is 10.9 Å². The molecule has 0 atom stereocenters. The first-order valence-electron chi connectivity index (χ1n) is 9.03. The number of aryl methyl sites for hydroxylation is 1. The number of para-hydroxylation sites is 1. The SMILES string of the molecule is Cn1nc(N2CCC(=O)NC2=O)c2cccc(B3OC(C)(C)C(C)(C)O3)c21. The number of anilines is 1. The van der Waals surface area contributed by atoms with Crippen LogP contribution in [0.1, 0.15) is 34.1 Å². The quantitative estimate of drug-likeness (QED) is 0.806. The molecule has 3 amide bonds. The van der Waals surface area contributed by atoms with Crippen molar-refractivity contribution in [1.82, 2.24) is 15.1 Å². The van der Waals surface area contributed by atoms with Crippen molar-refractivity contribution in [2.45, 2.75) is 45.3 Å². The smallest absolute Gasteiger partial charge is 0.399 e. The van der Waals surface area contributed by atoms with Crippen molar-refractivity contribution in [2.24, 2.45) is 7.05 Å². The second-order valence-electron chi connectivity index (χ2n) is 8.03. The van der Waals surface area contributed by atoms with E-state index in [1.807, 2.05) is 52.9 Å². The monoisotopic (exact) mass is 370 g/mol. The van der Waals surface area contributed by atoms with Gasteiger partial charge in [-0.3, -0.25) is 19.7 Å². The van der Waals surface area contributed by atoms with Crippen LogP contribution in [-0.2, 0) is 21.2 Å². The lowest BCUT2D eigenvalue weighted by molar-refractivity contribution is -0.120. The summed E-state index contributed by atoms with van der Waals surface area (Å²) in [6.07, 6.45) is 0.251. The molecule has 2 aromatic rings. The zero-order valence-corrected chi connectivity index (χ0v) is 16.2. The highest BCUT2D eigenvalue weighted by molar-refractivity contribution is 6.65. The van der Waals surface area contributed by atoms with E-state index in [2.05, 4.69) is 10.4 Å². The van der Waals surface area contributed by atoms with Gasteiger partial charge < -0.3 is 9.31 Å². The molecule has 0 unspecified atom stereocenters. The van der Waals surface area contributed by atoms with Gasteiger partial charge >= 0.3 is 13.1 Å². The Hall–Kier alpha value is -2.39. The molecule has 0 aliphatic carbocycles. The van der Waals surface area contributed by atoms with E-state index in [1.165, 1.54) is 4.90 Å². The summed E-state index contributed by atoms with van der Waals surface area (Å²) in [6.45, 7) is 8.35. The number of urea groups is 1. The van der Waals surface area contributed by atoms with Gasteiger partial charge in [0.1, 0.15) is 0 Å². The molecule has 1 N–H and O–H groups in total. The molecule has 0 radical (unpaired) electrons. The maximum Gasteiger partial charge on any atom is 0.497 e. The molecule has 3 heterocycles. The van der Waals surface area contributed by atoms with Crippen molar-refractivity contribution >= 4 is 41.2 Å². The number of carbonyl (C=O) groups excluding carboxylic acids is 2. The van der Waals surface area contributed by atoms with Crippen LogP contribution in [0.3, 0.4) is 0 Å². The number of carbonyl (C=O) groups is 2.